The summed E-state index contributed by atoms with van der Waals surface area (Å²) >= 11 is 0. The summed E-state index contributed by atoms with van der Waals surface area (Å²) in [6, 6.07) is 3.20. The molecule has 0 saturated heterocycles. The molecular weight excluding hydrogens is 230 g/mol. The SMILES string of the molecule is Cc1cc(C(N)=O)cc(OCC2(N)CCCC2)n1. The number of rotatable bonds is 4. The van der Waals surface area contributed by atoms with Gasteiger partial charge in [-0.25, -0.2) is 4.98 Å². The second-order valence-electron chi connectivity index (χ2n) is 5.06. The van der Waals surface area contributed by atoms with Crippen LogP contribution >= 0.6 is 0 Å². The standard InChI is InChI=1S/C13H19N3O2/c1-9-6-10(12(14)17)7-11(16-9)18-8-13(15)4-2-3-5-13/h6-7H,2-5,8,15H2,1H3,(H2,14,17). The first-order valence-corrected chi connectivity index (χ1v) is 6.19. The van der Waals surface area contributed by atoms with Crippen LogP contribution in [0.5, 0.6) is 5.88 Å². The van der Waals surface area contributed by atoms with Crippen LogP contribution in [-0.2, 0) is 0 Å². The quantitative estimate of drug-likeness (QED) is 0.837. The molecule has 98 valence electrons. The van der Waals surface area contributed by atoms with Crippen molar-refractivity contribution in [3.05, 3.63) is 23.4 Å². The maximum atomic E-state index is 11.1. The third-order valence-corrected chi connectivity index (χ3v) is 3.32. The Labute approximate surface area is 107 Å². The molecule has 1 amide bonds. The molecule has 1 aliphatic rings. The second kappa shape index (κ2) is 4.94. The smallest absolute Gasteiger partial charge is 0.248 e. The number of carbonyl (C=O) groups is 1. The average Bonchev–Trinajstić information content (AvgIpc) is 2.73. The van der Waals surface area contributed by atoms with Gasteiger partial charge in [0.1, 0.15) is 6.61 Å². The van der Waals surface area contributed by atoms with Crippen LogP contribution in [0.4, 0.5) is 0 Å². The van der Waals surface area contributed by atoms with E-state index in [9.17, 15) is 4.79 Å². The molecule has 0 bridgehead atoms. The highest BCUT2D eigenvalue weighted by atomic mass is 16.5. The van der Waals surface area contributed by atoms with Crippen molar-refractivity contribution >= 4 is 5.91 Å². The molecule has 5 nitrogen and oxygen atoms in total. The molecule has 0 aliphatic heterocycles. The Morgan fingerprint density at radius 3 is 2.72 bits per heavy atom. The van der Waals surface area contributed by atoms with Gasteiger partial charge >= 0.3 is 0 Å². The van der Waals surface area contributed by atoms with E-state index in [0.717, 1.165) is 25.7 Å². The third kappa shape index (κ3) is 2.98. The lowest BCUT2D eigenvalue weighted by Gasteiger charge is -2.23. The van der Waals surface area contributed by atoms with Gasteiger partial charge in [-0.15, -0.1) is 0 Å². The van der Waals surface area contributed by atoms with E-state index in [1.807, 2.05) is 0 Å². The summed E-state index contributed by atoms with van der Waals surface area (Å²) in [6.45, 7) is 2.23. The Hall–Kier alpha value is -1.62. The third-order valence-electron chi connectivity index (χ3n) is 3.32. The summed E-state index contributed by atoms with van der Waals surface area (Å²) in [5.41, 5.74) is 12.3. The lowest BCUT2D eigenvalue weighted by molar-refractivity contribution is 0.0999. The highest BCUT2D eigenvalue weighted by Gasteiger charge is 2.30. The Balaban J connectivity index is 2.07. The Bertz CT molecular complexity index is 454. The van der Waals surface area contributed by atoms with Crippen LogP contribution in [0, 0.1) is 6.92 Å². The van der Waals surface area contributed by atoms with E-state index in [2.05, 4.69) is 4.98 Å². The monoisotopic (exact) mass is 249 g/mol. The molecule has 4 N–H and O–H groups in total. The zero-order chi connectivity index (χ0) is 13.2. The van der Waals surface area contributed by atoms with Crippen molar-refractivity contribution in [3.8, 4) is 5.88 Å². The molecule has 1 aliphatic carbocycles. The molecule has 0 unspecified atom stereocenters. The highest BCUT2D eigenvalue weighted by molar-refractivity contribution is 5.93. The van der Waals surface area contributed by atoms with E-state index in [-0.39, 0.29) is 5.54 Å². The normalized spacial score (nSPS) is 17.7. The fourth-order valence-electron chi connectivity index (χ4n) is 2.30. The van der Waals surface area contributed by atoms with Crippen molar-refractivity contribution in [3.63, 3.8) is 0 Å². The van der Waals surface area contributed by atoms with Crippen LogP contribution in [0.1, 0.15) is 41.7 Å². The molecule has 2 rings (SSSR count). The molecule has 0 spiro atoms. The number of carbonyl (C=O) groups excluding carboxylic acids is 1. The molecule has 1 aromatic heterocycles. The van der Waals surface area contributed by atoms with Gasteiger partial charge in [-0.05, 0) is 25.8 Å². The Kier molecular flexibility index (Phi) is 3.52. The van der Waals surface area contributed by atoms with Crippen LogP contribution in [0.2, 0.25) is 0 Å². The molecule has 0 atom stereocenters. The number of aromatic nitrogens is 1. The van der Waals surface area contributed by atoms with Crippen LogP contribution in [-0.4, -0.2) is 23.0 Å². The molecule has 1 heterocycles. The zero-order valence-electron chi connectivity index (χ0n) is 10.6. The predicted molar refractivity (Wildman–Crippen MR) is 68.4 cm³/mol. The topological polar surface area (TPSA) is 91.2 Å². The first-order valence-electron chi connectivity index (χ1n) is 6.19. The first-order chi connectivity index (χ1) is 8.48. The van der Waals surface area contributed by atoms with Gasteiger partial charge in [0.15, 0.2) is 0 Å². The van der Waals surface area contributed by atoms with Gasteiger partial charge in [0.2, 0.25) is 11.8 Å². The summed E-state index contributed by atoms with van der Waals surface area (Å²) in [6.07, 6.45) is 4.24. The molecular formula is C13H19N3O2. The van der Waals surface area contributed by atoms with Gasteiger partial charge in [0, 0.05) is 17.3 Å². The van der Waals surface area contributed by atoms with Gasteiger partial charge in [-0.3, -0.25) is 4.79 Å². The summed E-state index contributed by atoms with van der Waals surface area (Å²) in [5, 5.41) is 0. The molecule has 1 saturated carbocycles. The maximum Gasteiger partial charge on any atom is 0.248 e. The number of hydrogen-bond donors (Lipinski definition) is 2. The van der Waals surface area contributed by atoms with Crippen molar-refractivity contribution in [2.45, 2.75) is 38.1 Å². The summed E-state index contributed by atoms with van der Waals surface area (Å²) < 4.78 is 5.62. The van der Waals surface area contributed by atoms with Crippen molar-refractivity contribution in [2.75, 3.05) is 6.61 Å². The lowest BCUT2D eigenvalue weighted by Crippen LogP contribution is -2.42. The van der Waals surface area contributed by atoms with Crippen molar-refractivity contribution in [1.82, 2.24) is 4.98 Å². The van der Waals surface area contributed by atoms with Gasteiger partial charge in [0.05, 0.1) is 5.54 Å². The van der Waals surface area contributed by atoms with Gasteiger partial charge in [0.25, 0.3) is 0 Å². The van der Waals surface area contributed by atoms with E-state index < -0.39 is 5.91 Å². The first kappa shape index (κ1) is 12.8. The number of ether oxygens (including phenoxy) is 1. The number of aryl methyl sites for hydroxylation is 1. The molecule has 1 fully saturated rings. The van der Waals surface area contributed by atoms with Crippen molar-refractivity contribution in [1.29, 1.82) is 0 Å². The summed E-state index contributed by atoms with van der Waals surface area (Å²) in [7, 11) is 0. The summed E-state index contributed by atoms with van der Waals surface area (Å²) in [5.74, 6) is -0.0609. The number of pyridine rings is 1. The van der Waals surface area contributed by atoms with E-state index in [4.69, 9.17) is 16.2 Å². The predicted octanol–water partition coefficient (Wildman–Crippen LogP) is 1.14. The van der Waals surface area contributed by atoms with Crippen LogP contribution in [0.3, 0.4) is 0 Å². The second-order valence-corrected chi connectivity index (χ2v) is 5.06. The minimum absolute atomic E-state index is 0.252. The molecule has 18 heavy (non-hydrogen) atoms. The molecule has 1 aromatic rings. The minimum Gasteiger partial charge on any atom is -0.476 e. The van der Waals surface area contributed by atoms with Crippen LogP contribution in [0.15, 0.2) is 12.1 Å². The van der Waals surface area contributed by atoms with Crippen molar-refractivity contribution < 1.29 is 9.53 Å². The minimum atomic E-state index is -0.478. The number of amides is 1. The van der Waals surface area contributed by atoms with E-state index in [1.54, 1.807) is 19.1 Å². The van der Waals surface area contributed by atoms with Crippen LogP contribution < -0.4 is 16.2 Å². The van der Waals surface area contributed by atoms with Gasteiger partial charge in [-0.2, -0.15) is 0 Å². The number of nitrogens with zero attached hydrogens (tertiary/aromatic N) is 1. The number of nitrogens with two attached hydrogens (primary N) is 2. The van der Waals surface area contributed by atoms with Crippen molar-refractivity contribution in [2.24, 2.45) is 11.5 Å². The summed E-state index contributed by atoms with van der Waals surface area (Å²) in [4.78, 5) is 15.4. The number of primary amides is 1. The molecule has 0 aromatic carbocycles. The Morgan fingerprint density at radius 2 is 2.11 bits per heavy atom. The molecule has 0 radical (unpaired) electrons. The number of hydrogen-bond acceptors (Lipinski definition) is 4. The average molecular weight is 249 g/mol. The van der Waals surface area contributed by atoms with Gasteiger partial charge < -0.3 is 16.2 Å². The van der Waals surface area contributed by atoms with E-state index >= 15 is 0 Å². The van der Waals surface area contributed by atoms with E-state index in [1.165, 1.54) is 0 Å². The maximum absolute atomic E-state index is 11.1. The Morgan fingerprint density at radius 1 is 1.44 bits per heavy atom. The lowest BCUT2D eigenvalue weighted by atomic mass is 10.0. The largest absolute Gasteiger partial charge is 0.476 e. The fourth-order valence-corrected chi connectivity index (χ4v) is 2.30. The fraction of sp³-hybridized carbons (Fsp3) is 0.538. The van der Waals surface area contributed by atoms with E-state index in [0.29, 0.717) is 23.7 Å². The highest BCUT2D eigenvalue weighted by Crippen LogP contribution is 2.27. The van der Waals surface area contributed by atoms with Gasteiger partial charge in [-0.1, -0.05) is 12.8 Å². The van der Waals surface area contributed by atoms with Crippen LogP contribution in [0.25, 0.3) is 0 Å². The zero-order valence-corrected chi connectivity index (χ0v) is 10.6. The molecule has 5 heteroatoms.